The largest absolute Gasteiger partial charge is 0.345 e. The van der Waals surface area contributed by atoms with Crippen molar-refractivity contribution in [2.75, 3.05) is 6.61 Å². The van der Waals surface area contributed by atoms with Gasteiger partial charge in [0.25, 0.3) is 10.1 Å². The van der Waals surface area contributed by atoms with Crippen LogP contribution >= 0.6 is 0 Å². The van der Waals surface area contributed by atoms with Crippen LogP contribution in [0.4, 0.5) is 0 Å². The van der Waals surface area contributed by atoms with Gasteiger partial charge in [-0.3, -0.25) is 0 Å². The maximum Gasteiger partial charge on any atom is 0.299 e. The number of rotatable bonds is 3. The molecule has 1 aliphatic rings. The Balaban J connectivity index is 2.11. The van der Waals surface area contributed by atoms with E-state index >= 15 is 0 Å². The first-order chi connectivity index (χ1) is 8.28. The zero-order chi connectivity index (χ0) is 13.4. The van der Waals surface area contributed by atoms with Gasteiger partial charge in [0.2, 0.25) is 6.29 Å². The van der Waals surface area contributed by atoms with E-state index < -0.39 is 22.2 Å². The molecule has 0 spiro atoms. The van der Waals surface area contributed by atoms with Crippen LogP contribution in [0.25, 0.3) is 0 Å². The van der Waals surface area contributed by atoms with Crippen molar-refractivity contribution >= 4 is 10.1 Å². The standard InChI is InChI=1S/C12H16O5S/c1-9-4-6-10(7-5-9)18(13,14)17-11-8-15-12(2,3)16-11/h4-7,11H,8H2,1-3H3/t11-/m0/s1. The predicted octanol–water partition coefficient (Wildman–Crippen LogP) is 1.81. The van der Waals surface area contributed by atoms with Crippen LogP contribution in [-0.4, -0.2) is 27.1 Å². The number of benzene rings is 1. The molecule has 100 valence electrons. The molecule has 5 nitrogen and oxygen atoms in total. The third-order valence-corrected chi connectivity index (χ3v) is 3.84. The van der Waals surface area contributed by atoms with Gasteiger partial charge in [-0.2, -0.15) is 8.42 Å². The Morgan fingerprint density at radius 1 is 1.28 bits per heavy atom. The molecular formula is C12H16O5S. The highest BCUT2D eigenvalue weighted by Gasteiger charge is 2.36. The van der Waals surface area contributed by atoms with E-state index in [1.54, 1.807) is 26.0 Å². The van der Waals surface area contributed by atoms with Gasteiger partial charge in [-0.1, -0.05) is 17.7 Å². The van der Waals surface area contributed by atoms with Gasteiger partial charge in [0.15, 0.2) is 5.79 Å². The number of aryl methyl sites for hydroxylation is 1. The van der Waals surface area contributed by atoms with Crippen LogP contribution in [0.1, 0.15) is 19.4 Å². The van der Waals surface area contributed by atoms with E-state index in [0.29, 0.717) is 0 Å². The minimum atomic E-state index is -3.82. The molecule has 0 unspecified atom stereocenters. The number of hydrogen-bond donors (Lipinski definition) is 0. The Bertz CT molecular complexity index is 518. The topological polar surface area (TPSA) is 61.8 Å². The fourth-order valence-electron chi connectivity index (χ4n) is 1.60. The van der Waals surface area contributed by atoms with Crippen LogP contribution < -0.4 is 0 Å². The average molecular weight is 272 g/mol. The molecule has 1 aromatic rings. The first kappa shape index (κ1) is 13.5. The zero-order valence-corrected chi connectivity index (χ0v) is 11.4. The Labute approximate surface area is 107 Å². The first-order valence-electron chi connectivity index (χ1n) is 5.60. The fraction of sp³-hybridized carbons (Fsp3) is 0.500. The van der Waals surface area contributed by atoms with Gasteiger partial charge >= 0.3 is 0 Å². The van der Waals surface area contributed by atoms with Gasteiger partial charge in [-0.05, 0) is 32.9 Å². The highest BCUT2D eigenvalue weighted by molar-refractivity contribution is 7.86. The summed E-state index contributed by atoms with van der Waals surface area (Å²) >= 11 is 0. The van der Waals surface area contributed by atoms with Crippen LogP contribution in [0.2, 0.25) is 0 Å². The summed E-state index contributed by atoms with van der Waals surface area (Å²) in [5.74, 6) is -0.812. The highest BCUT2D eigenvalue weighted by Crippen LogP contribution is 2.25. The molecule has 0 aliphatic carbocycles. The third-order valence-electron chi connectivity index (χ3n) is 2.53. The smallest absolute Gasteiger partial charge is 0.299 e. The minimum Gasteiger partial charge on any atom is -0.345 e. The quantitative estimate of drug-likeness (QED) is 0.785. The molecule has 1 atom stereocenters. The maximum atomic E-state index is 12.0. The molecule has 0 amide bonds. The number of hydrogen-bond acceptors (Lipinski definition) is 5. The van der Waals surface area contributed by atoms with Crippen molar-refractivity contribution in [3.63, 3.8) is 0 Å². The lowest BCUT2D eigenvalue weighted by Gasteiger charge is -2.16. The molecule has 1 aliphatic heterocycles. The summed E-state index contributed by atoms with van der Waals surface area (Å²) in [6, 6.07) is 6.44. The van der Waals surface area contributed by atoms with E-state index in [0.717, 1.165) is 5.56 Å². The zero-order valence-electron chi connectivity index (χ0n) is 10.5. The molecule has 1 fully saturated rings. The molecule has 0 aromatic heterocycles. The van der Waals surface area contributed by atoms with Crippen molar-refractivity contribution in [1.29, 1.82) is 0 Å². The summed E-state index contributed by atoms with van der Waals surface area (Å²) in [6.45, 7) is 5.38. The van der Waals surface area contributed by atoms with Gasteiger partial charge in [-0.15, -0.1) is 0 Å². The van der Waals surface area contributed by atoms with Crippen LogP contribution in [0, 0.1) is 6.92 Å². The number of ether oxygens (including phenoxy) is 2. The summed E-state index contributed by atoms with van der Waals surface area (Å²) in [5.41, 5.74) is 0.982. The second-order valence-electron chi connectivity index (χ2n) is 4.62. The van der Waals surface area contributed by atoms with E-state index in [1.807, 2.05) is 6.92 Å². The van der Waals surface area contributed by atoms with Crippen molar-refractivity contribution in [1.82, 2.24) is 0 Å². The molecule has 0 bridgehead atoms. The lowest BCUT2D eigenvalue weighted by atomic mass is 10.2. The SMILES string of the molecule is Cc1ccc(S(=O)(=O)O[C@H]2COC(C)(C)O2)cc1. The molecule has 2 rings (SSSR count). The Hall–Kier alpha value is -0.950. The van der Waals surface area contributed by atoms with Gasteiger partial charge in [-0.25, -0.2) is 4.18 Å². The minimum absolute atomic E-state index is 0.0953. The summed E-state index contributed by atoms with van der Waals surface area (Å²) in [4.78, 5) is 0.112. The Kier molecular flexibility index (Phi) is 3.46. The van der Waals surface area contributed by atoms with Crippen molar-refractivity contribution in [2.24, 2.45) is 0 Å². The monoisotopic (exact) mass is 272 g/mol. The molecule has 0 radical (unpaired) electrons. The van der Waals surface area contributed by atoms with Crippen LogP contribution in [0.15, 0.2) is 29.2 Å². The fourth-order valence-corrected chi connectivity index (χ4v) is 2.56. The van der Waals surface area contributed by atoms with E-state index in [2.05, 4.69) is 0 Å². The van der Waals surface area contributed by atoms with Crippen molar-refractivity contribution < 1.29 is 22.1 Å². The van der Waals surface area contributed by atoms with Crippen LogP contribution in [0.5, 0.6) is 0 Å². The Morgan fingerprint density at radius 2 is 1.89 bits per heavy atom. The summed E-state index contributed by atoms with van der Waals surface area (Å²) in [6.07, 6.45) is -0.897. The molecule has 1 aromatic carbocycles. The van der Waals surface area contributed by atoms with E-state index in [-0.39, 0.29) is 11.5 Å². The second-order valence-corrected chi connectivity index (χ2v) is 6.19. The molecule has 1 heterocycles. The molecule has 0 saturated carbocycles. The van der Waals surface area contributed by atoms with E-state index in [4.69, 9.17) is 13.7 Å². The third kappa shape index (κ3) is 3.08. The lowest BCUT2D eigenvalue weighted by Crippen LogP contribution is -2.24. The predicted molar refractivity (Wildman–Crippen MR) is 64.4 cm³/mol. The summed E-state index contributed by atoms with van der Waals surface area (Å²) < 4.78 is 39.4. The van der Waals surface area contributed by atoms with Gasteiger partial charge in [0.1, 0.15) is 6.61 Å². The van der Waals surface area contributed by atoms with Gasteiger partial charge in [0, 0.05) is 0 Å². The normalized spacial score (nSPS) is 23.2. The van der Waals surface area contributed by atoms with E-state index in [9.17, 15) is 8.42 Å². The molecular weight excluding hydrogens is 256 g/mol. The van der Waals surface area contributed by atoms with Crippen LogP contribution in [-0.2, 0) is 23.8 Å². The van der Waals surface area contributed by atoms with Crippen molar-refractivity contribution in [3.8, 4) is 0 Å². The van der Waals surface area contributed by atoms with E-state index in [1.165, 1.54) is 12.1 Å². The lowest BCUT2D eigenvalue weighted by molar-refractivity contribution is -0.166. The summed E-state index contributed by atoms with van der Waals surface area (Å²) in [7, 11) is -3.82. The summed E-state index contributed by atoms with van der Waals surface area (Å²) in [5, 5.41) is 0. The molecule has 6 heteroatoms. The van der Waals surface area contributed by atoms with Gasteiger partial charge in [0.05, 0.1) is 4.90 Å². The molecule has 0 N–H and O–H groups in total. The van der Waals surface area contributed by atoms with Gasteiger partial charge < -0.3 is 9.47 Å². The average Bonchev–Trinajstić information content (AvgIpc) is 2.57. The van der Waals surface area contributed by atoms with Crippen molar-refractivity contribution in [3.05, 3.63) is 29.8 Å². The first-order valence-corrected chi connectivity index (χ1v) is 7.01. The Morgan fingerprint density at radius 3 is 2.39 bits per heavy atom. The second kappa shape index (κ2) is 4.62. The van der Waals surface area contributed by atoms with Crippen LogP contribution in [0.3, 0.4) is 0 Å². The van der Waals surface area contributed by atoms with Crippen molar-refractivity contribution in [2.45, 2.75) is 37.7 Å². The molecule has 18 heavy (non-hydrogen) atoms. The highest BCUT2D eigenvalue weighted by atomic mass is 32.2. The molecule has 1 saturated heterocycles. The maximum absolute atomic E-state index is 12.0.